The molecular weight excluding hydrogens is 338 g/mol. The zero-order valence-electron chi connectivity index (χ0n) is 14.7. The monoisotopic (exact) mass is 363 g/mol. The smallest absolute Gasteiger partial charge is 0.352 e. The summed E-state index contributed by atoms with van der Waals surface area (Å²) in [4.78, 5) is 39.8. The van der Waals surface area contributed by atoms with Crippen LogP contribution in [-0.4, -0.2) is 40.1 Å². The van der Waals surface area contributed by atoms with Crippen molar-refractivity contribution in [3.8, 4) is 5.88 Å². The van der Waals surface area contributed by atoms with Gasteiger partial charge in [-0.1, -0.05) is 25.7 Å². The first kappa shape index (κ1) is 18.4. The van der Waals surface area contributed by atoms with Gasteiger partial charge < -0.3 is 15.2 Å². The molecule has 2 aliphatic rings. The topological polar surface area (TPSA) is 121 Å². The normalized spacial score (nSPS) is 25.2. The number of aromatic amines is 1. The lowest BCUT2D eigenvalue weighted by molar-refractivity contribution is -0.123. The molecule has 1 heterocycles. The molecule has 8 nitrogen and oxygen atoms in total. The minimum atomic E-state index is -1.29. The summed E-state index contributed by atoms with van der Waals surface area (Å²) in [5, 5.41) is 11.8. The minimum absolute atomic E-state index is 0.177. The first-order valence-electron chi connectivity index (χ1n) is 9.25. The van der Waals surface area contributed by atoms with E-state index in [9.17, 15) is 14.4 Å². The van der Waals surface area contributed by atoms with Gasteiger partial charge in [-0.25, -0.2) is 9.59 Å². The number of hydrogen-bond donors (Lipinski definition) is 3. The SMILES string of the molecule is O=C(COc1cc(C(=O)O)[nH]c(=O)n1)NCC1CCC2CCCCC2C1. The molecule has 0 saturated heterocycles. The van der Waals surface area contributed by atoms with E-state index in [1.807, 2.05) is 0 Å². The standard InChI is InChI=1S/C18H25N3O5/c22-15(10-26-16-8-14(17(23)24)20-18(25)21-16)19-9-11-5-6-12-3-1-2-4-13(12)7-11/h8,11-13H,1-7,9-10H2,(H,19,22)(H,23,24)(H,20,21,25). The Kier molecular flexibility index (Phi) is 5.90. The number of carbonyl (C=O) groups is 2. The lowest BCUT2D eigenvalue weighted by atomic mass is 9.67. The molecule has 1 aromatic rings. The van der Waals surface area contributed by atoms with Crippen LogP contribution in [0.15, 0.2) is 10.9 Å². The molecule has 1 amide bonds. The maximum absolute atomic E-state index is 12.0. The third-order valence-corrected chi connectivity index (χ3v) is 5.54. The molecule has 8 heteroatoms. The van der Waals surface area contributed by atoms with Crippen LogP contribution in [0.5, 0.6) is 5.88 Å². The summed E-state index contributed by atoms with van der Waals surface area (Å²) >= 11 is 0. The number of carboxylic acid groups (broad SMARTS) is 1. The van der Waals surface area contributed by atoms with Crippen LogP contribution in [0, 0.1) is 17.8 Å². The molecule has 3 N–H and O–H groups in total. The summed E-state index contributed by atoms with van der Waals surface area (Å²) in [7, 11) is 0. The summed E-state index contributed by atoms with van der Waals surface area (Å²) in [5.41, 5.74) is -1.16. The molecule has 26 heavy (non-hydrogen) atoms. The summed E-state index contributed by atoms with van der Waals surface area (Å²) in [6.45, 7) is 0.336. The quantitative estimate of drug-likeness (QED) is 0.705. The van der Waals surface area contributed by atoms with Gasteiger partial charge in [0.05, 0.1) is 0 Å². The van der Waals surface area contributed by atoms with Crippen LogP contribution in [0.4, 0.5) is 0 Å². The molecule has 0 aromatic carbocycles. The van der Waals surface area contributed by atoms with Crippen LogP contribution in [-0.2, 0) is 4.79 Å². The molecule has 0 radical (unpaired) electrons. The number of carboxylic acids is 1. The Morgan fingerprint density at radius 3 is 2.77 bits per heavy atom. The van der Waals surface area contributed by atoms with E-state index in [0.29, 0.717) is 12.5 Å². The van der Waals surface area contributed by atoms with Gasteiger partial charge >= 0.3 is 11.7 Å². The lowest BCUT2D eigenvalue weighted by Crippen LogP contribution is -2.37. The van der Waals surface area contributed by atoms with Crippen LogP contribution in [0.25, 0.3) is 0 Å². The molecule has 0 spiro atoms. The van der Waals surface area contributed by atoms with Crippen LogP contribution in [0.1, 0.15) is 55.4 Å². The van der Waals surface area contributed by atoms with E-state index in [4.69, 9.17) is 9.84 Å². The number of nitrogens with zero attached hydrogens (tertiary/aromatic N) is 1. The van der Waals surface area contributed by atoms with Gasteiger partial charge in [0.2, 0.25) is 5.88 Å². The average Bonchev–Trinajstić information content (AvgIpc) is 2.64. The Balaban J connectivity index is 1.43. The van der Waals surface area contributed by atoms with Crippen molar-refractivity contribution in [3.05, 3.63) is 22.2 Å². The fourth-order valence-corrected chi connectivity index (χ4v) is 4.23. The second kappa shape index (κ2) is 8.33. The van der Waals surface area contributed by atoms with Crippen molar-refractivity contribution < 1.29 is 19.4 Å². The van der Waals surface area contributed by atoms with Gasteiger partial charge in [0, 0.05) is 12.6 Å². The fourth-order valence-electron chi connectivity index (χ4n) is 4.23. The molecule has 2 aliphatic carbocycles. The van der Waals surface area contributed by atoms with Gasteiger partial charge in [0.1, 0.15) is 5.69 Å². The Morgan fingerprint density at radius 2 is 2.00 bits per heavy atom. The van der Waals surface area contributed by atoms with E-state index in [-0.39, 0.29) is 24.1 Å². The molecule has 2 saturated carbocycles. The van der Waals surface area contributed by atoms with Crippen molar-refractivity contribution in [2.75, 3.05) is 13.2 Å². The number of hydrogen-bond acceptors (Lipinski definition) is 5. The highest BCUT2D eigenvalue weighted by molar-refractivity contribution is 5.85. The second-order valence-electron chi connectivity index (χ2n) is 7.32. The number of carbonyl (C=O) groups excluding carboxylic acids is 1. The van der Waals surface area contributed by atoms with Gasteiger partial charge in [-0.3, -0.25) is 9.78 Å². The highest BCUT2D eigenvalue weighted by Crippen LogP contribution is 2.42. The highest BCUT2D eigenvalue weighted by atomic mass is 16.5. The third kappa shape index (κ3) is 4.83. The molecule has 3 unspecified atom stereocenters. The van der Waals surface area contributed by atoms with Gasteiger partial charge in [0.15, 0.2) is 6.61 Å². The van der Waals surface area contributed by atoms with Gasteiger partial charge in [-0.15, -0.1) is 0 Å². The van der Waals surface area contributed by atoms with Crippen molar-refractivity contribution in [2.45, 2.75) is 44.9 Å². The van der Waals surface area contributed by atoms with Crippen molar-refractivity contribution in [1.29, 1.82) is 0 Å². The number of nitrogens with one attached hydrogen (secondary N) is 2. The van der Waals surface area contributed by atoms with Crippen molar-refractivity contribution >= 4 is 11.9 Å². The number of H-pyrrole nitrogens is 1. The van der Waals surface area contributed by atoms with E-state index in [2.05, 4.69) is 15.3 Å². The molecule has 3 atom stereocenters. The Labute approximate surface area is 151 Å². The molecule has 0 aliphatic heterocycles. The zero-order chi connectivity index (χ0) is 18.5. The van der Waals surface area contributed by atoms with Gasteiger partial charge in [-0.2, -0.15) is 4.98 Å². The predicted molar refractivity (Wildman–Crippen MR) is 93.1 cm³/mol. The molecule has 2 fully saturated rings. The minimum Gasteiger partial charge on any atom is -0.477 e. The largest absolute Gasteiger partial charge is 0.477 e. The van der Waals surface area contributed by atoms with Crippen LogP contribution in [0.2, 0.25) is 0 Å². The van der Waals surface area contributed by atoms with Crippen molar-refractivity contribution in [2.24, 2.45) is 17.8 Å². The molecule has 142 valence electrons. The van der Waals surface area contributed by atoms with Crippen LogP contribution in [0.3, 0.4) is 0 Å². The number of aromatic nitrogens is 2. The number of aromatic carboxylic acids is 1. The number of amides is 1. The maximum atomic E-state index is 12.0. The van der Waals surface area contributed by atoms with Crippen molar-refractivity contribution in [1.82, 2.24) is 15.3 Å². The number of rotatable bonds is 6. The lowest BCUT2D eigenvalue weighted by Gasteiger charge is -2.39. The van der Waals surface area contributed by atoms with E-state index in [1.165, 1.54) is 38.5 Å². The third-order valence-electron chi connectivity index (χ3n) is 5.54. The first-order chi connectivity index (χ1) is 12.5. The summed E-state index contributed by atoms with van der Waals surface area (Å²) in [6.07, 6.45) is 8.96. The fraction of sp³-hybridized carbons (Fsp3) is 0.667. The Morgan fingerprint density at radius 1 is 1.23 bits per heavy atom. The zero-order valence-corrected chi connectivity index (χ0v) is 14.7. The maximum Gasteiger partial charge on any atom is 0.352 e. The van der Waals surface area contributed by atoms with E-state index in [1.54, 1.807) is 0 Å². The van der Waals surface area contributed by atoms with Crippen LogP contribution >= 0.6 is 0 Å². The highest BCUT2D eigenvalue weighted by Gasteiger charge is 2.32. The van der Waals surface area contributed by atoms with E-state index < -0.39 is 11.7 Å². The molecular formula is C18H25N3O5. The molecule has 3 rings (SSSR count). The molecule has 1 aromatic heterocycles. The number of fused-ring (bicyclic) bond motifs is 1. The van der Waals surface area contributed by atoms with E-state index >= 15 is 0 Å². The second-order valence-corrected chi connectivity index (χ2v) is 7.32. The Bertz CT molecular complexity index is 717. The van der Waals surface area contributed by atoms with Gasteiger partial charge in [-0.05, 0) is 37.0 Å². The van der Waals surface area contributed by atoms with E-state index in [0.717, 1.165) is 24.3 Å². The average molecular weight is 363 g/mol. The van der Waals surface area contributed by atoms with Gasteiger partial charge in [0.25, 0.3) is 5.91 Å². The summed E-state index contributed by atoms with van der Waals surface area (Å²) in [5.74, 6) is 0.431. The Hall–Kier alpha value is -2.38. The van der Waals surface area contributed by atoms with Crippen molar-refractivity contribution in [3.63, 3.8) is 0 Å². The predicted octanol–water partition coefficient (Wildman–Crippen LogP) is 1.57. The molecule has 0 bridgehead atoms. The summed E-state index contributed by atoms with van der Waals surface area (Å²) in [6, 6.07) is 1.08. The van der Waals surface area contributed by atoms with Crippen LogP contribution < -0.4 is 15.7 Å². The first-order valence-corrected chi connectivity index (χ1v) is 9.25. The number of ether oxygens (including phenoxy) is 1. The summed E-state index contributed by atoms with van der Waals surface area (Å²) < 4.78 is 5.16.